The summed E-state index contributed by atoms with van der Waals surface area (Å²) in [6, 6.07) is 0. The first-order valence-electron chi connectivity index (χ1n) is 6.20. The fourth-order valence-corrected chi connectivity index (χ4v) is 2.09. The first-order chi connectivity index (χ1) is 7.85. The molecule has 4 N–H and O–H groups in total. The molecule has 0 radical (unpaired) electrons. The predicted octanol–water partition coefficient (Wildman–Crippen LogP) is -0.294. The summed E-state index contributed by atoms with van der Waals surface area (Å²) in [5.74, 6) is 0.00527. The average Bonchev–Trinajstić information content (AvgIpc) is 2.56. The molecule has 5 heteroatoms. The average molecular weight is 244 g/mol. The van der Waals surface area contributed by atoms with E-state index in [9.17, 15) is 15.0 Å². The van der Waals surface area contributed by atoms with Gasteiger partial charge in [-0.3, -0.25) is 4.79 Å². The highest BCUT2D eigenvalue weighted by atomic mass is 16.3. The van der Waals surface area contributed by atoms with Gasteiger partial charge in [0.2, 0.25) is 5.91 Å². The van der Waals surface area contributed by atoms with Crippen LogP contribution in [0.2, 0.25) is 0 Å². The van der Waals surface area contributed by atoms with E-state index in [-0.39, 0.29) is 24.4 Å². The van der Waals surface area contributed by atoms with Crippen LogP contribution in [0.1, 0.15) is 33.1 Å². The maximum atomic E-state index is 11.9. The van der Waals surface area contributed by atoms with Crippen molar-refractivity contribution in [3.05, 3.63) is 0 Å². The number of hydrogen-bond donors (Lipinski definition) is 3. The lowest BCUT2D eigenvalue weighted by Crippen LogP contribution is -2.31. The number of nitrogens with zero attached hydrogens (tertiary/aromatic N) is 1. The topological polar surface area (TPSA) is 86.8 Å². The highest BCUT2D eigenvalue weighted by Gasteiger charge is 2.32. The summed E-state index contributed by atoms with van der Waals surface area (Å²) >= 11 is 0. The van der Waals surface area contributed by atoms with E-state index < -0.39 is 12.2 Å². The van der Waals surface area contributed by atoms with Crippen molar-refractivity contribution in [2.45, 2.75) is 45.3 Å². The standard InChI is InChI=1S/C12H24N2O3/c1-12(2,5-6-13)4-3-11(17)14-7-9(15)10(16)8-14/h9-10,15-16H,3-8,13H2,1-2H3. The molecule has 1 aliphatic rings. The molecule has 1 aliphatic heterocycles. The fraction of sp³-hybridized carbons (Fsp3) is 0.917. The van der Waals surface area contributed by atoms with E-state index in [2.05, 4.69) is 13.8 Å². The molecule has 5 nitrogen and oxygen atoms in total. The molecule has 2 unspecified atom stereocenters. The number of carbonyl (C=O) groups excluding carboxylic acids is 1. The Hall–Kier alpha value is -0.650. The second-order valence-electron chi connectivity index (χ2n) is 5.64. The van der Waals surface area contributed by atoms with Crippen LogP contribution in [0.4, 0.5) is 0 Å². The number of carbonyl (C=O) groups is 1. The van der Waals surface area contributed by atoms with E-state index in [1.807, 2.05) is 0 Å². The lowest BCUT2D eigenvalue weighted by molar-refractivity contribution is -0.131. The van der Waals surface area contributed by atoms with Crippen LogP contribution in [0.15, 0.2) is 0 Å². The molecule has 100 valence electrons. The summed E-state index contributed by atoms with van der Waals surface area (Å²) in [5, 5.41) is 18.7. The predicted molar refractivity (Wildman–Crippen MR) is 65.3 cm³/mol. The lowest BCUT2D eigenvalue weighted by atomic mass is 9.84. The molecular weight excluding hydrogens is 220 g/mol. The van der Waals surface area contributed by atoms with Gasteiger partial charge >= 0.3 is 0 Å². The highest BCUT2D eigenvalue weighted by molar-refractivity contribution is 5.76. The number of aliphatic hydroxyl groups excluding tert-OH is 2. The van der Waals surface area contributed by atoms with E-state index in [4.69, 9.17) is 5.73 Å². The largest absolute Gasteiger partial charge is 0.388 e. The zero-order valence-electron chi connectivity index (χ0n) is 10.7. The van der Waals surface area contributed by atoms with Crippen molar-refractivity contribution >= 4 is 5.91 Å². The zero-order valence-corrected chi connectivity index (χ0v) is 10.7. The Kier molecular flexibility index (Phi) is 4.91. The molecule has 1 rings (SSSR count). The Morgan fingerprint density at radius 3 is 2.29 bits per heavy atom. The number of β-amino-alcohol motifs (C(OH)–C–C–N with tert-alkyl or cyclic N) is 2. The summed E-state index contributed by atoms with van der Waals surface area (Å²) in [7, 11) is 0. The summed E-state index contributed by atoms with van der Waals surface area (Å²) < 4.78 is 0. The van der Waals surface area contributed by atoms with Gasteiger partial charge < -0.3 is 20.8 Å². The van der Waals surface area contributed by atoms with Gasteiger partial charge in [0, 0.05) is 19.5 Å². The Labute approximate surface area is 103 Å². The first kappa shape index (κ1) is 14.4. The van der Waals surface area contributed by atoms with Crippen molar-refractivity contribution in [2.24, 2.45) is 11.1 Å². The van der Waals surface area contributed by atoms with Crippen LogP contribution in [0.3, 0.4) is 0 Å². The van der Waals surface area contributed by atoms with Gasteiger partial charge in [-0.25, -0.2) is 0 Å². The van der Waals surface area contributed by atoms with Crippen LogP contribution in [-0.4, -0.2) is 52.9 Å². The lowest BCUT2D eigenvalue weighted by Gasteiger charge is -2.24. The monoisotopic (exact) mass is 244 g/mol. The molecule has 0 bridgehead atoms. The maximum absolute atomic E-state index is 11.9. The first-order valence-corrected chi connectivity index (χ1v) is 6.20. The Bertz CT molecular complexity index is 258. The van der Waals surface area contributed by atoms with E-state index in [0.29, 0.717) is 13.0 Å². The maximum Gasteiger partial charge on any atom is 0.222 e. The molecule has 1 amide bonds. The molecule has 0 aromatic heterocycles. The summed E-state index contributed by atoms with van der Waals surface area (Å²) in [6.07, 6.45) is 0.538. The number of aliphatic hydroxyl groups is 2. The van der Waals surface area contributed by atoms with E-state index >= 15 is 0 Å². The minimum absolute atomic E-state index is 0.00527. The minimum Gasteiger partial charge on any atom is -0.388 e. The number of amides is 1. The molecule has 1 saturated heterocycles. The van der Waals surface area contributed by atoms with Gasteiger partial charge in [-0.05, 0) is 24.8 Å². The second-order valence-corrected chi connectivity index (χ2v) is 5.64. The third kappa shape index (κ3) is 4.26. The SMILES string of the molecule is CC(C)(CCN)CCC(=O)N1CC(O)C(O)C1. The van der Waals surface area contributed by atoms with Crippen molar-refractivity contribution in [1.29, 1.82) is 0 Å². The van der Waals surface area contributed by atoms with E-state index in [1.165, 1.54) is 4.90 Å². The number of nitrogens with two attached hydrogens (primary N) is 1. The molecule has 1 heterocycles. The third-order valence-electron chi connectivity index (χ3n) is 3.45. The fourth-order valence-electron chi connectivity index (χ4n) is 2.09. The zero-order chi connectivity index (χ0) is 13.1. The normalized spacial score (nSPS) is 25.4. The van der Waals surface area contributed by atoms with Crippen molar-refractivity contribution in [1.82, 2.24) is 4.90 Å². The Morgan fingerprint density at radius 2 is 1.82 bits per heavy atom. The molecule has 0 spiro atoms. The van der Waals surface area contributed by atoms with Crippen molar-refractivity contribution in [3.63, 3.8) is 0 Å². The van der Waals surface area contributed by atoms with Crippen LogP contribution in [0.25, 0.3) is 0 Å². The summed E-state index contributed by atoms with van der Waals surface area (Å²) in [5.41, 5.74) is 5.59. The molecular formula is C12H24N2O3. The number of rotatable bonds is 5. The van der Waals surface area contributed by atoms with E-state index in [1.54, 1.807) is 0 Å². The van der Waals surface area contributed by atoms with Gasteiger partial charge in [0.15, 0.2) is 0 Å². The Morgan fingerprint density at radius 1 is 1.29 bits per heavy atom. The summed E-state index contributed by atoms with van der Waals surface area (Å²) in [4.78, 5) is 13.4. The molecule has 0 aromatic rings. The molecule has 17 heavy (non-hydrogen) atoms. The van der Waals surface area contributed by atoms with Gasteiger partial charge in [-0.15, -0.1) is 0 Å². The summed E-state index contributed by atoms with van der Waals surface area (Å²) in [6.45, 7) is 5.32. The van der Waals surface area contributed by atoms with Gasteiger partial charge in [0.25, 0.3) is 0 Å². The van der Waals surface area contributed by atoms with Crippen LogP contribution >= 0.6 is 0 Å². The van der Waals surface area contributed by atoms with Crippen LogP contribution in [0.5, 0.6) is 0 Å². The minimum atomic E-state index is -0.795. The molecule has 2 atom stereocenters. The molecule has 1 fully saturated rings. The van der Waals surface area contributed by atoms with Crippen molar-refractivity contribution < 1.29 is 15.0 Å². The van der Waals surface area contributed by atoms with Gasteiger partial charge in [0.1, 0.15) is 0 Å². The van der Waals surface area contributed by atoms with Crippen LogP contribution in [0, 0.1) is 5.41 Å². The number of likely N-dealkylation sites (tertiary alicyclic amines) is 1. The van der Waals surface area contributed by atoms with Gasteiger partial charge in [-0.2, -0.15) is 0 Å². The molecule has 0 aliphatic carbocycles. The number of hydrogen-bond acceptors (Lipinski definition) is 4. The third-order valence-corrected chi connectivity index (χ3v) is 3.45. The van der Waals surface area contributed by atoms with Gasteiger partial charge in [-0.1, -0.05) is 13.8 Å². The highest BCUT2D eigenvalue weighted by Crippen LogP contribution is 2.26. The quantitative estimate of drug-likeness (QED) is 0.620. The smallest absolute Gasteiger partial charge is 0.222 e. The molecule has 0 saturated carbocycles. The van der Waals surface area contributed by atoms with Crippen LogP contribution < -0.4 is 5.73 Å². The van der Waals surface area contributed by atoms with Crippen molar-refractivity contribution in [3.8, 4) is 0 Å². The van der Waals surface area contributed by atoms with Gasteiger partial charge in [0.05, 0.1) is 12.2 Å². The molecule has 0 aromatic carbocycles. The Balaban J connectivity index is 2.35. The second kappa shape index (κ2) is 5.80. The van der Waals surface area contributed by atoms with Crippen molar-refractivity contribution in [2.75, 3.05) is 19.6 Å². The van der Waals surface area contributed by atoms with E-state index in [0.717, 1.165) is 12.8 Å². The van der Waals surface area contributed by atoms with Crippen LogP contribution in [-0.2, 0) is 4.79 Å².